The van der Waals surface area contributed by atoms with Gasteiger partial charge in [0.25, 0.3) is 0 Å². The molecular weight excluding hydrogens is 198 g/mol. The minimum Gasteiger partial charge on any atom is -0.497 e. The van der Waals surface area contributed by atoms with Crippen LogP contribution in [-0.4, -0.2) is 19.3 Å². The fourth-order valence-corrected chi connectivity index (χ4v) is 2.29. The van der Waals surface area contributed by atoms with Crippen LogP contribution in [0.4, 0.5) is 5.69 Å². The average molecular weight is 209 g/mol. The second-order valence-corrected chi connectivity index (χ2v) is 4.00. The van der Waals surface area contributed by atoms with E-state index in [0.29, 0.717) is 0 Å². The minimum absolute atomic E-state index is 0.0563. The van der Waals surface area contributed by atoms with Crippen molar-refractivity contribution in [2.24, 2.45) is 0 Å². The molecule has 0 saturated heterocycles. The van der Waals surface area contributed by atoms with Gasteiger partial charge in [-0.15, -0.1) is 11.8 Å². The van der Waals surface area contributed by atoms with Gasteiger partial charge in [0.15, 0.2) is 0 Å². The predicted molar refractivity (Wildman–Crippen MR) is 57.9 cm³/mol. The van der Waals surface area contributed by atoms with Gasteiger partial charge in [0.2, 0.25) is 5.91 Å². The Morgan fingerprint density at radius 2 is 2.29 bits per heavy atom. The molecule has 0 aromatic heterocycles. The third-order valence-electron chi connectivity index (χ3n) is 2.27. The van der Waals surface area contributed by atoms with Gasteiger partial charge in [-0.3, -0.25) is 4.79 Å². The van der Waals surface area contributed by atoms with E-state index < -0.39 is 0 Å². The maximum Gasteiger partial charge on any atom is 0.242 e. The van der Waals surface area contributed by atoms with Crippen molar-refractivity contribution >= 4 is 23.4 Å². The van der Waals surface area contributed by atoms with E-state index in [2.05, 4.69) is 5.32 Å². The Morgan fingerprint density at radius 1 is 1.50 bits per heavy atom. The third-order valence-corrected chi connectivity index (χ3v) is 3.21. The number of carbonyl (C=O) groups is 1. The molecule has 1 unspecified atom stereocenters. The molecule has 0 spiro atoms. The number of carbonyl (C=O) groups excluding carboxylic acids is 1. The van der Waals surface area contributed by atoms with Crippen molar-refractivity contribution in [1.82, 2.24) is 0 Å². The van der Waals surface area contributed by atoms with Crippen LogP contribution in [0.25, 0.3) is 0 Å². The van der Waals surface area contributed by atoms with Crippen LogP contribution in [0.5, 0.6) is 5.75 Å². The van der Waals surface area contributed by atoms with Crippen molar-refractivity contribution in [2.75, 3.05) is 18.7 Å². The van der Waals surface area contributed by atoms with Crippen molar-refractivity contribution in [2.45, 2.75) is 5.25 Å². The number of hydrogen-bond donors (Lipinski definition) is 1. The first kappa shape index (κ1) is 9.40. The van der Waals surface area contributed by atoms with Crippen LogP contribution in [-0.2, 0) is 4.79 Å². The highest BCUT2D eigenvalue weighted by Gasteiger charge is 2.29. The Kier molecular flexibility index (Phi) is 2.37. The zero-order chi connectivity index (χ0) is 10.1. The minimum atomic E-state index is -0.0971. The Hall–Kier alpha value is -1.16. The summed E-state index contributed by atoms with van der Waals surface area (Å²) in [5, 5.41) is 2.74. The van der Waals surface area contributed by atoms with Crippen LogP contribution in [0.3, 0.4) is 0 Å². The highest BCUT2D eigenvalue weighted by Crippen LogP contribution is 2.40. The molecule has 0 radical (unpaired) electrons. The van der Waals surface area contributed by atoms with Crippen LogP contribution in [0, 0.1) is 0 Å². The number of anilines is 1. The molecule has 3 nitrogen and oxygen atoms in total. The van der Waals surface area contributed by atoms with Crippen LogP contribution in [0.15, 0.2) is 18.2 Å². The van der Waals surface area contributed by atoms with E-state index in [0.717, 1.165) is 17.0 Å². The number of hydrogen-bond acceptors (Lipinski definition) is 3. The number of fused-ring (bicyclic) bond motifs is 1. The predicted octanol–water partition coefficient (Wildman–Crippen LogP) is 2.05. The standard InChI is InChI=1S/C10H11NO2S/c1-13-6-3-4-8-7(5-6)9(14-2)10(12)11-8/h3-5,9H,1-2H3,(H,11,12). The highest BCUT2D eigenvalue weighted by molar-refractivity contribution is 7.99. The fraction of sp³-hybridized carbons (Fsp3) is 0.300. The molecule has 1 aliphatic heterocycles. The Bertz CT molecular complexity index is 378. The normalized spacial score (nSPS) is 19.0. The first-order chi connectivity index (χ1) is 6.76. The maximum absolute atomic E-state index is 11.5. The van der Waals surface area contributed by atoms with Gasteiger partial charge >= 0.3 is 0 Å². The van der Waals surface area contributed by atoms with Gasteiger partial charge in [-0.1, -0.05) is 0 Å². The summed E-state index contributed by atoms with van der Waals surface area (Å²) in [6.45, 7) is 0. The molecule has 14 heavy (non-hydrogen) atoms. The lowest BCUT2D eigenvalue weighted by Crippen LogP contribution is -2.08. The zero-order valence-corrected chi connectivity index (χ0v) is 8.85. The summed E-state index contributed by atoms with van der Waals surface area (Å²) >= 11 is 1.53. The van der Waals surface area contributed by atoms with Crippen LogP contribution < -0.4 is 10.1 Å². The topological polar surface area (TPSA) is 38.3 Å². The lowest BCUT2D eigenvalue weighted by molar-refractivity contribution is -0.115. The van der Waals surface area contributed by atoms with Crippen molar-refractivity contribution in [3.05, 3.63) is 23.8 Å². The molecule has 0 saturated carbocycles. The van der Waals surface area contributed by atoms with Gasteiger partial charge in [-0.2, -0.15) is 0 Å². The molecule has 1 amide bonds. The van der Waals surface area contributed by atoms with E-state index in [-0.39, 0.29) is 11.2 Å². The van der Waals surface area contributed by atoms with Gasteiger partial charge in [-0.25, -0.2) is 0 Å². The quantitative estimate of drug-likeness (QED) is 0.810. The van der Waals surface area contributed by atoms with Crippen LogP contribution in [0.1, 0.15) is 10.8 Å². The highest BCUT2D eigenvalue weighted by atomic mass is 32.2. The summed E-state index contributed by atoms with van der Waals surface area (Å²) < 4.78 is 5.12. The van der Waals surface area contributed by atoms with Crippen LogP contribution >= 0.6 is 11.8 Å². The number of thioether (sulfide) groups is 1. The first-order valence-electron chi connectivity index (χ1n) is 4.28. The second-order valence-electron chi connectivity index (χ2n) is 3.06. The lowest BCUT2D eigenvalue weighted by atomic mass is 10.1. The molecule has 1 aromatic rings. The number of nitrogens with one attached hydrogen (secondary N) is 1. The SMILES string of the molecule is COc1ccc2c(c1)C(SC)C(=O)N2. The summed E-state index contributed by atoms with van der Waals surface area (Å²) in [4.78, 5) is 11.5. The molecular formula is C10H11NO2S. The van der Waals surface area contributed by atoms with E-state index in [4.69, 9.17) is 4.74 Å². The zero-order valence-electron chi connectivity index (χ0n) is 8.03. The molecule has 1 N–H and O–H groups in total. The van der Waals surface area contributed by atoms with Gasteiger partial charge in [0.05, 0.1) is 7.11 Å². The van der Waals surface area contributed by atoms with Gasteiger partial charge in [0, 0.05) is 11.3 Å². The summed E-state index contributed by atoms with van der Waals surface area (Å²) in [5.41, 5.74) is 1.91. The molecule has 4 heteroatoms. The molecule has 1 aromatic carbocycles. The molecule has 0 fully saturated rings. The maximum atomic E-state index is 11.5. The molecule has 0 aliphatic carbocycles. The summed E-state index contributed by atoms with van der Waals surface area (Å²) in [5.74, 6) is 0.847. The van der Waals surface area contributed by atoms with E-state index in [1.165, 1.54) is 11.8 Å². The smallest absolute Gasteiger partial charge is 0.242 e. The first-order valence-corrected chi connectivity index (χ1v) is 5.56. The summed E-state index contributed by atoms with van der Waals surface area (Å²) in [6.07, 6.45) is 1.93. The summed E-state index contributed by atoms with van der Waals surface area (Å²) in [7, 11) is 1.63. The molecule has 74 valence electrons. The molecule has 0 bridgehead atoms. The van der Waals surface area contributed by atoms with Crippen molar-refractivity contribution in [1.29, 1.82) is 0 Å². The number of amides is 1. The molecule has 1 aliphatic rings. The Labute approximate surface area is 86.8 Å². The number of benzene rings is 1. The Balaban J connectivity index is 2.44. The van der Waals surface area contributed by atoms with E-state index in [9.17, 15) is 4.79 Å². The average Bonchev–Trinajstić information content (AvgIpc) is 2.52. The molecule has 1 atom stereocenters. The second kappa shape index (κ2) is 3.53. The van der Waals surface area contributed by atoms with E-state index in [1.54, 1.807) is 7.11 Å². The van der Waals surface area contributed by atoms with Gasteiger partial charge in [-0.05, 0) is 24.5 Å². The number of ether oxygens (including phenoxy) is 1. The Morgan fingerprint density at radius 3 is 2.93 bits per heavy atom. The largest absolute Gasteiger partial charge is 0.497 e. The summed E-state index contributed by atoms with van der Waals surface area (Å²) in [6, 6.07) is 5.64. The van der Waals surface area contributed by atoms with E-state index >= 15 is 0 Å². The monoisotopic (exact) mass is 209 g/mol. The van der Waals surface area contributed by atoms with Crippen molar-refractivity contribution < 1.29 is 9.53 Å². The van der Waals surface area contributed by atoms with Crippen molar-refractivity contribution in [3.8, 4) is 5.75 Å². The number of rotatable bonds is 2. The molecule has 1 heterocycles. The fourth-order valence-electron chi connectivity index (χ4n) is 1.57. The third kappa shape index (κ3) is 1.35. The number of methoxy groups -OCH3 is 1. The molecule has 2 rings (SSSR count). The van der Waals surface area contributed by atoms with Crippen LogP contribution in [0.2, 0.25) is 0 Å². The van der Waals surface area contributed by atoms with E-state index in [1.807, 2.05) is 24.5 Å². The van der Waals surface area contributed by atoms with Crippen molar-refractivity contribution in [3.63, 3.8) is 0 Å². The van der Waals surface area contributed by atoms with Gasteiger partial charge < -0.3 is 10.1 Å². The lowest BCUT2D eigenvalue weighted by Gasteiger charge is -2.06. The van der Waals surface area contributed by atoms with Gasteiger partial charge in [0.1, 0.15) is 11.0 Å².